The number of carbonyl (C=O) groups is 2. The van der Waals surface area contributed by atoms with Crippen LogP contribution in [0, 0.1) is 0 Å². The number of hydrogen-bond acceptors (Lipinski definition) is 5. The van der Waals surface area contributed by atoms with Gasteiger partial charge < -0.3 is 19.8 Å². The van der Waals surface area contributed by atoms with Crippen LogP contribution in [0.15, 0.2) is 52.0 Å². The van der Waals surface area contributed by atoms with Crippen molar-refractivity contribution in [1.82, 2.24) is 5.32 Å². The second kappa shape index (κ2) is 8.40. The largest absolute Gasteiger partial charge is 0.467 e. The molecule has 0 aliphatic rings. The Morgan fingerprint density at radius 2 is 2.00 bits per heavy atom. The maximum atomic E-state index is 12.0. The number of anilines is 1. The second-order valence-electron chi connectivity index (χ2n) is 4.60. The van der Waals surface area contributed by atoms with Gasteiger partial charge in [0.15, 0.2) is 0 Å². The molecule has 2 rings (SSSR count). The van der Waals surface area contributed by atoms with E-state index in [1.165, 1.54) is 25.1 Å². The average Bonchev–Trinajstić information content (AvgIpc) is 3.10. The first-order chi connectivity index (χ1) is 11.2. The normalized spacial score (nSPS) is 11.7. The van der Waals surface area contributed by atoms with Crippen molar-refractivity contribution in [3.63, 3.8) is 0 Å². The van der Waals surface area contributed by atoms with Crippen LogP contribution in [0.25, 0.3) is 0 Å². The number of furan rings is 1. The Kier molecular flexibility index (Phi) is 6.25. The van der Waals surface area contributed by atoms with Crippen LogP contribution in [0.2, 0.25) is 0 Å². The van der Waals surface area contributed by atoms with E-state index in [1.54, 1.807) is 24.3 Å². The summed E-state index contributed by atoms with van der Waals surface area (Å²) in [4.78, 5) is 24.8. The molecule has 23 heavy (non-hydrogen) atoms. The molecule has 0 aliphatic carbocycles. The molecule has 0 saturated carbocycles. The fraction of sp³-hybridized carbons (Fsp3) is 0.250. The van der Waals surface area contributed by atoms with Crippen molar-refractivity contribution >= 4 is 29.3 Å². The molecule has 7 heteroatoms. The van der Waals surface area contributed by atoms with Crippen molar-refractivity contribution < 1.29 is 18.7 Å². The minimum atomic E-state index is -0.727. The summed E-state index contributed by atoms with van der Waals surface area (Å²) in [6.07, 6.45) is 2.98. The zero-order valence-electron chi connectivity index (χ0n) is 12.9. The quantitative estimate of drug-likeness (QED) is 0.626. The first kappa shape index (κ1) is 17.1. The Morgan fingerprint density at radius 3 is 2.65 bits per heavy atom. The Bertz CT molecular complexity index is 658. The summed E-state index contributed by atoms with van der Waals surface area (Å²) in [5.74, 6) is -0.865. The third kappa shape index (κ3) is 4.61. The molecule has 1 unspecified atom stereocenters. The topological polar surface area (TPSA) is 80.6 Å². The van der Waals surface area contributed by atoms with Crippen molar-refractivity contribution in [1.29, 1.82) is 0 Å². The van der Waals surface area contributed by atoms with Crippen LogP contribution in [0.1, 0.15) is 11.9 Å². The van der Waals surface area contributed by atoms with Crippen LogP contribution in [0.3, 0.4) is 0 Å². The van der Waals surface area contributed by atoms with E-state index < -0.39 is 17.9 Å². The number of thioether (sulfide) groups is 1. The van der Waals surface area contributed by atoms with Crippen LogP contribution in [0.5, 0.6) is 0 Å². The molecule has 1 heterocycles. The van der Waals surface area contributed by atoms with E-state index in [4.69, 9.17) is 9.15 Å². The number of hydrogen-bond donors (Lipinski definition) is 2. The molecular weight excluding hydrogens is 316 g/mol. The van der Waals surface area contributed by atoms with Crippen LogP contribution in [0.4, 0.5) is 5.69 Å². The zero-order valence-corrected chi connectivity index (χ0v) is 13.7. The Hall–Kier alpha value is -2.25. The predicted molar refractivity (Wildman–Crippen MR) is 88.3 cm³/mol. The highest BCUT2D eigenvalue weighted by Gasteiger charge is 2.19. The summed E-state index contributed by atoms with van der Waals surface area (Å²) < 4.78 is 10.5. The summed E-state index contributed by atoms with van der Waals surface area (Å²) in [6.45, 7) is 0.139. The Balaban J connectivity index is 1.91. The highest BCUT2D eigenvalue weighted by atomic mass is 32.2. The van der Waals surface area contributed by atoms with Gasteiger partial charge in [-0.1, -0.05) is 12.1 Å². The number of nitrogens with one attached hydrogen (secondary N) is 2. The van der Waals surface area contributed by atoms with Crippen LogP contribution >= 0.6 is 11.8 Å². The van der Waals surface area contributed by atoms with Gasteiger partial charge >= 0.3 is 11.8 Å². The number of amides is 2. The molecule has 0 radical (unpaired) electrons. The predicted octanol–water partition coefficient (Wildman–Crippen LogP) is 2.44. The monoisotopic (exact) mass is 334 g/mol. The van der Waals surface area contributed by atoms with E-state index in [2.05, 4.69) is 10.6 Å². The third-order valence-corrected chi connectivity index (χ3v) is 3.95. The highest BCUT2D eigenvalue weighted by molar-refractivity contribution is 7.98. The van der Waals surface area contributed by atoms with Gasteiger partial charge in [0, 0.05) is 12.0 Å². The average molecular weight is 334 g/mol. The lowest BCUT2D eigenvalue weighted by atomic mass is 10.2. The van der Waals surface area contributed by atoms with E-state index in [0.717, 1.165) is 4.90 Å². The van der Waals surface area contributed by atoms with Crippen LogP contribution in [-0.4, -0.2) is 31.7 Å². The van der Waals surface area contributed by atoms with Gasteiger partial charge in [-0.05, 0) is 30.5 Å². The van der Waals surface area contributed by atoms with Crippen LogP contribution < -0.4 is 10.6 Å². The molecule has 0 saturated heterocycles. The zero-order chi connectivity index (χ0) is 16.7. The first-order valence-corrected chi connectivity index (χ1v) is 8.16. The summed E-state index contributed by atoms with van der Waals surface area (Å²) in [7, 11) is 1.51. The van der Waals surface area contributed by atoms with Crippen molar-refractivity contribution in [2.75, 3.05) is 25.2 Å². The molecule has 122 valence electrons. The van der Waals surface area contributed by atoms with Gasteiger partial charge in [0.25, 0.3) is 0 Å². The maximum absolute atomic E-state index is 12.0. The van der Waals surface area contributed by atoms with E-state index in [0.29, 0.717) is 11.4 Å². The minimum Gasteiger partial charge on any atom is -0.467 e. The van der Waals surface area contributed by atoms with Crippen molar-refractivity contribution in [2.45, 2.75) is 11.0 Å². The van der Waals surface area contributed by atoms with Gasteiger partial charge in [0.05, 0.1) is 18.5 Å². The van der Waals surface area contributed by atoms with E-state index in [9.17, 15) is 9.59 Å². The fourth-order valence-electron chi connectivity index (χ4n) is 1.97. The summed E-state index contributed by atoms with van der Waals surface area (Å²) in [6, 6.07) is 10.8. The SMILES string of the molecule is COC(CNC(=O)C(=O)Nc1ccccc1SC)c1ccco1. The molecule has 2 N–H and O–H groups in total. The number of carbonyl (C=O) groups excluding carboxylic acids is 2. The number of ether oxygens (including phenoxy) is 1. The fourth-order valence-corrected chi connectivity index (χ4v) is 2.52. The van der Waals surface area contributed by atoms with Gasteiger partial charge in [-0.2, -0.15) is 0 Å². The molecule has 1 atom stereocenters. The van der Waals surface area contributed by atoms with Crippen molar-refractivity contribution in [3.8, 4) is 0 Å². The number of rotatable bonds is 6. The van der Waals surface area contributed by atoms with Crippen molar-refractivity contribution in [2.24, 2.45) is 0 Å². The van der Waals surface area contributed by atoms with E-state index in [-0.39, 0.29) is 6.54 Å². The first-order valence-electron chi connectivity index (χ1n) is 6.94. The molecule has 1 aromatic carbocycles. The van der Waals surface area contributed by atoms with Gasteiger partial charge in [-0.25, -0.2) is 0 Å². The Morgan fingerprint density at radius 1 is 1.22 bits per heavy atom. The summed E-state index contributed by atoms with van der Waals surface area (Å²) in [5, 5.41) is 5.14. The lowest BCUT2D eigenvalue weighted by Crippen LogP contribution is -2.38. The summed E-state index contributed by atoms with van der Waals surface area (Å²) in [5.41, 5.74) is 0.606. The van der Waals surface area contributed by atoms with Gasteiger partial charge in [-0.15, -0.1) is 11.8 Å². The van der Waals surface area contributed by atoms with Crippen molar-refractivity contribution in [3.05, 3.63) is 48.4 Å². The molecule has 0 spiro atoms. The maximum Gasteiger partial charge on any atom is 0.313 e. The standard InChI is InChI=1S/C16H18N2O4S/c1-21-13(12-7-5-9-22-12)10-17-15(19)16(20)18-11-6-3-4-8-14(11)23-2/h3-9,13H,10H2,1-2H3,(H,17,19)(H,18,20). The van der Waals surface area contributed by atoms with E-state index in [1.807, 2.05) is 18.4 Å². The number of benzene rings is 1. The second-order valence-corrected chi connectivity index (χ2v) is 5.45. The number of methoxy groups -OCH3 is 1. The smallest absolute Gasteiger partial charge is 0.313 e. The van der Waals surface area contributed by atoms with E-state index >= 15 is 0 Å². The lowest BCUT2D eigenvalue weighted by molar-refractivity contribution is -0.136. The molecule has 0 aliphatic heterocycles. The number of para-hydroxylation sites is 1. The third-order valence-electron chi connectivity index (χ3n) is 3.15. The van der Waals surface area contributed by atoms with Gasteiger partial charge in [-0.3, -0.25) is 9.59 Å². The molecule has 0 bridgehead atoms. The highest BCUT2D eigenvalue weighted by Crippen LogP contribution is 2.24. The van der Waals surface area contributed by atoms with Gasteiger partial charge in [0.2, 0.25) is 0 Å². The minimum absolute atomic E-state index is 0.139. The molecule has 1 aromatic heterocycles. The molecule has 2 aromatic rings. The molecule has 0 fully saturated rings. The summed E-state index contributed by atoms with van der Waals surface area (Å²) >= 11 is 1.49. The molecular formula is C16H18N2O4S. The van der Waals surface area contributed by atoms with Crippen LogP contribution in [-0.2, 0) is 14.3 Å². The molecule has 2 amide bonds. The Labute approximate surface area is 138 Å². The molecule has 6 nitrogen and oxygen atoms in total. The lowest BCUT2D eigenvalue weighted by Gasteiger charge is -2.14. The van der Waals surface area contributed by atoms with Gasteiger partial charge in [0.1, 0.15) is 11.9 Å².